The van der Waals surface area contributed by atoms with Gasteiger partial charge in [-0.05, 0) is 30.3 Å². The Labute approximate surface area is 161 Å². The summed E-state index contributed by atoms with van der Waals surface area (Å²) in [5.74, 6) is 2.17. The van der Waals surface area contributed by atoms with Gasteiger partial charge < -0.3 is 24.4 Å². The molecule has 1 aliphatic rings. The first kappa shape index (κ1) is 18.4. The maximum absolute atomic E-state index is 12.4. The van der Waals surface area contributed by atoms with E-state index in [0.29, 0.717) is 25.4 Å². The Morgan fingerprint density at radius 1 is 1.31 bits per heavy atom. The third-order valence-electron chi connectivity index (χ3n) is 4.05. The predicted octanol–water partition coefficient (Wildman–Crippen LogP) is 3.44. The zero-order valence-corrected chi connectivity index (χ0v) is 16.3. The van der Waals surface area contributed by atoms with Crippen LogP contribution in [0.4, 0.5) is 4.79 Å². The molecule has 2 aromatic rings. The highest BCUT2D eigenvalue weighted by Gasteiger charge is 2.22. The smallest absolute Gasteiger partial charge is 0.317 e. The third kappa shape index (κ3) is 4.40. The molecule has 1 aliphatic heterocycles. The standard InChI is InChI=1S/C19H21BrN2O4/c1-22(11-13-9-14(20)7-8-16(13)24-2)19(23)21-10-15-12-25-17-5-3-4-6-18(17)26-15/h3-9,15H,10-12H2,1-2H3,(H,21,23)/t15-/m1/s1. The number of nitrogens with zero attached hydrogens (tertiary/aromatic N) is 1. The summed E-state index contributed by atoms with van der Waals surface area (Å²) in [6.45, 7) is 1.20. The molecule has 26 heavy (non-hydrogen) atoms. The van der Waals surface area contributed by atoms with Gasteiger partial charge in [0.15, 0.2) is 17.6 Å². The van der Waals surface area contributed by atoms with Crippen LogP contribution >= 0.6 is 15.9 Å². The molecular formula is C19H21BrN2O4. The molecule has 0 saturated carbocycles. The van der Waals surface area contributed by atoms with Crippen LogP contribution < -0.4 is 19.5 Å². The van der Waals surface area contributed by atoms with Crippen molar-refractivity contribution >= 4 is 22.0 Å². The summed E-state index contributed by atoms with van der Waals surface area (Å²) in [6, 6.07) is 13.0. The highest BCUT2D eigenvalue weighted by Crippen LogP contribution is 2.30. The number of carbonyl (C=O) groups is 1. The summed E-state index contributed by atoms with van der Waals surface area (Å²) in [4.78, 5) is 14.0. The number of carbonyl (C=O) groups excluding carboxylic acids is 1. The number of hydrogen-bond donors (Lipinski definition) is 1. The molecule has 0 saturated heterocycles. The van der Waals surface area contributed by atoms with Crippen LogP contribution in [0.15, 0.2) is 46.9 Å². The van der Waals surface area contributed by atoms with E-state index in [1.807, 2.05) is 42.5 Å². The SMILES string of the molecule is COc1ccc(Br)cc1CN(C)C(=O)NC[C@@H]1COc2ccccc2O1. The minimum atomic E-state index is -0.220. The Morgan fingerprint density at radius 2 is 2.08 bits per heavy atom. The maximum atomic E-state index is 12.4. The largest absolute Gasteiger partial charge is 0.496 e. The van der Waals surface area contributed by atoms with Crippen LogP contribution in [0.2, 0.25) is 0 Å². The molecule has 0 aliphatic carbocycles. The molecule has 0 radical (unpaired) electrons. The first-order valence-corrected chi connectivity index (χ1v) is 9.06. The van der Waals surface area contributed by atoms with Crippen molar-refractivity contribution in [1.29, 1.82) is 0 Å². The van der Waals surface area contributed by atoms with Crippen molar-refractivity contribution in [2.24, 2.45) is 0 Å². The van der Waals surface area contributed by atoms with E-state index >= 15 is 0 Å². The van der Waals surface area contributed by atoms with E-state index < -0.39 is 0 Å². The van der Waals surface area contributed by atoms with Crippen LogP contribution in [-0.2, 0) is 6.54 Å². The molecule has 3 rings (SSSR count). The van der Waals surface area contributed by atoms with Gasteiger partial charge in [-0.25, -0.2) is 4.79 Å². The number of halogens is 1. The van der Waals surface area contributed by atoms with Crippen LogP contribution in [0, 0.1) is 0 Å². The van der Waals surface area contributed by atoms with Crippen molar-refractivity contribution in [2.45, 2.75) is 12.6 Å². The number of para-hydroxylation sites is 2. The number of nitrogens with one attached hydrogen (secondary N) is 1. The van der Waals surface area contributed by atoms with Gasteiger partial charge in [-0.1, -0.05) is 28.1 Å². The molecule has 2 aromatic carbocycles. The fourth-order valence-corrected chi connectivity index (χ4v) is 3.11. The number of hydrogen-bond acceptors (Lipinski definition) is 4. The third-order valence-corrected chi connectivity index (χ3v) is 4.54. The molecule has 0 bridgehead atoms. The van der Waals surface area contributed by atoms with Gasteiger partial charge >= 0.3 is 6.03 Å². The Hall–Kier alpha value is -2.41. The van der Waals surface area contributed by atoms with E-state index in [4.69, 9.17) is 14.2 Å². The second-order valence-electron chi connectivity index (χ2n) is 6.00. The van der Waals surface area contributed by atoms with Gasteiger partial charge in [-0.15, -0.1) is 0 Å². The predicted molar refractivity (Wildman–Crippen MR) is 102 cm³/mol. The number of benzene rings is 2. The van der Waals surface area contributed by atoms with Crippen molar-refractivity contribution < 1.29 is 19.0 Å². The fourth-order valence-electron chi connectivity index (χ4n) is 2.70. The van der Waals surface area contributed by atoms with E-state index in [1.54, 1.807) is 19.1 Å². The van der Waals surface area contributed by atoms with Gasteiger partial charge in [0.2, 0.25) is 0 Å². The summed E-state index contributed by atoms with van der Waals surface area (Å²) in [5.41, 5.74) is 0.922. The Bertz CT molecular complexity index is 784. The normalized spacial score (nSPS) is 15.3. The van der Waals surface area contributed by atoms with Crippen LogP contribution in [0.5, 0.6) is 17.2 Å². The second kappa shape index (κ2) is 8.31. The quantitative estimate of drug-likeness (QED) is 0.804. The Kier molecular flexibility index (Phi) is 5.88. The first-order valence-electron chi connectivity index (χ1n) is 8.26. The van der Waals surface area contributed by atoms with Crippen LogP contribution in [0.25, 0.3) is 0 Å². The zero-order chi connectivity index (χ0) is 18.5. The van der Waals surface area contributed by atoms with Crippen molar-refractivity contribution in [3.8, 4) is 17.2 Å². The summed E-state index contributed by atoms with van der Waals surface area (Å²) in [7, 11) is 3.36. The maximum Gasteiger partial charge on any atom is 0.317 e. The fraction of sp³-hybridized carbons (Fsp3) is 0.316. The van der Waals surface area contributed by atoms with Crippen molar-refractivity contribution in [3.05, 3.63) is 52.5 Å². The number of fused-ring (bicyclic) bond motifs is 1. The zero-order valence-electron chi connectivity index (χ0n) is 14.7. The lowest BCUT2D eigenvalue weighted by Gasteiger charge is -2.27. The van der Waals surface area contributed by atoms with Crippen molar-refractivity contribution in [3.63, 3.8) is 0 Å². The van der Waals surface area contributed by atoms with E-state index in [-0.39, 0.29) is 12.1 Å². The Balaban J connectivity index is 1.53. The van der Waals surface area contributed by atoms with Gasteiger partial charge in [0.25, 0.3) is 0 Å². The lowest BCUT2D eigenvalue weighted by molar-refractivity contribution is 0.0904. The number of urea groups is 1. The molecule has 0 unspecified atom stereocenters. The molecule has 1 N–H and O–H groups in total. The number of amides is 2. The summed E-state index contributed by atoms with van der Waals surface area (Å²) in [5, 5.41) is 2.88. The van der Waals surface area contributed by atoms with Gasteiger partial charge in [0, 0.05) is 17.1 Å². The highest BCUT2D eigenvalue weighted by atomic mass is 79.9. The molecule has 0 spiro atoms. The Morgan fingerprint density at radius 3 is 2.85 bits per heavy atom. The summed E-state index contributed by atoms with van der Waals surface area (Å²) >= 11 is 3.44. The lowest BCUT2D eigenvalue weighted by atomic mass is 10.2. The van der Waals surface area contributed by atoms with E-state index in [1.165, 1.54) is 0 Å². The molecule has 0 fully saturated rings. The topological polar surface area (TPSA) is 60.0 Å². The van der Waals surface area contributed by atoms with Gasteiger partial charge in [-0.3, -0.25) is 0 Å². The number of ether oxygens (including phenoxy) is 3. The van der Waals surface area contributed by atoms with E-state index in [2.05, 4.69) is 21.2 Å². The van der Waals surface area contributed by atoms with Gasteiger partial charge in [0.05, 0.1) is 20.2 Å². The molecule has 7 heteroatoms. The van der Waals surface area contributed by atoms with Gasteiger partial charge in [-0.2, -0.15) is 0 Å². The second-order valence-corrected chi connectivity index (χ2v) is 6.91. The van der Waals surface area contributed by atoms with Gasteiger partial charge in [0.1, 0.15) is 12.4 Å². The molecular weight excluding hydrogens is 400 g/mol. The summed E-state index contributed by atoms with van der Waals surface area (Å²) < 4.78 is 17.8. The minimum absolute atomic E-state index is 0.186. The molecule has 6 nitrogen and oxygen atoms in total. The lowest BCUT2D eigenvalue weighted by Crippen LogP contribution is -2.44. The average molecular weight is 421 g/mol. The van der Waals surface area contributed by atoms with Crippen LogP contribution in [-0.4, -0.2) is 44.3 Å². The molecule has 138 valence electrons. The molecule has 1 heterocycles. The highest BCUT2D eigenvalue weighted by molar-refractivity contribution is 9.10. The van der Waals surface area contributed by atoms with E-state index in [0.717, 1.165) is 21.5 Å². The van der Waals surface area contributed by atoms with E-state index in [9.17, 15) is 4.79 Å². The molecule has 1 atom stereocenters. The molecule has 0 aromatic heterocycles. The minimum Gasteiger partial charge on any atom is -0.496 e. The number of methoxy groups -OCH3 is 1. The van der Waals surface area contributed by atoms with Crippen LogP contribution in [0.3, 0.4) is 0 Å². The molecule has 2 amide bonds. The van der Waals surface area contributed by atoms with Crippen LogP contribution in [0.1, 0.15) is 5.56 Å². The van der Waals surface area contributed by atoms with Crippen molar-refractivity contribution in [2.75, 3.05) is 27.3 Å². The first-order chi connectivity index (χ1) is 12.6. The monoisotopic (exact) mass is 420 g/mol. The number of rotatable bonds is 5. The van der Waals surface area contributed by atoms with Crippen molar-refractivity contribution in [1.82, 2.24) is 10.2 Å². The summed E-state index contributed by atoms with van der Waals surface area (Å²) in [6.07, 6.45) is -0.220. The average Bonchev–Trinajstić information content (AvgIpc) is 2.66.